The summed E-state index contributed by atoms with van der Waals surface area (Å²) in [7, 11) is -3.94. The average molecular weight is 305 g/mol. The number of aromatic nitrogens is 1. The van der Waals surface area contributed by atoms with E-state index in [-0.39, 0.29) is 11.3 Å². The Morgan fingerprint density at radius 1 is 1.19 bits per heavy atom. The molecule has 6 nitrogen and oxygen atoms in total. The molecular weight excluding hydrogens is 290 g/mol. The fourth-order valence-corrected chi connectivity index (χ4v) is 2.73. The zero-order chi connectivity index (χ0) is 15.3. The van der Waals surface area contributed by atoms with Crippen LogP contribution in [0, 0.1) is 0 Å². The Hall–Kier alpha value is -2.25. The highest BCUT2D eigenvalue weighted by molar-refractivity contribution is 7.90. The van der Waals surface area contributed by atoms with Gasteiger partial charge in [0.2, 0.25) is 0 Å². The first-order chi connectivity index (χ1) is 9.99. The maximum atomic E-state index is 12.0. The number of hydrogen-bond donors (Lipinski definition) is 2. The smallest absolute Gasteiger partial charge is 0.265 e. The second-order valence-electron chi connectivity index (χ2n) is 4.45. The van der Waals surface area contributed by atoms with E-state index in [0.29, 0.717) is 0 Å². The van der Waals surface area contributed by atoms with Gasteiger partial charge in [-0.2, -0.15) is 0 Å². The van der Waals surface area contributed by atoms with Crippen molar-refractivity contribution in [3.8, 4) is 0 Å². The Balaban J connectivity index is 2.04. The molecule has 0 spiro atoms. The molecule has 0 aliphatic carbocycles. The molecule has 2 aromatic rings. The lowest BCUT2D eigenvalue weighted by Crippen LogP contribution is -2.44. The fraction of sp³-hybridized carbons (Fsp3) is 0.143. The maximum Gasteiger partial charge on any atom is 0.265 e. The van der Waals surface area contributed by atoms with Crippen LogP contribution in [0.4, 0.5) is 0 Å². The maximum absolute atomic E-state index is 12.0. The van der Waals surface area contributed by atoms with Crippen molar-refractivity contribution in [2.24, 2.45) is 5.73 Å². The number of sulfonamides is 1. The molecule has 1 atom stereocenters. The molecule has 1 heterocycles. The second kappa shape index (κ2) is 6.47. The lowest BCUT2D eigenvalue weighted by atomic mass is 10.1. The predicted octanol–water partition coefficient (Wildman–Crippen LogP) is 0.456. The SMILES string of the molecule is NC(Cc1ccccc1)C(=O)NS(=O)(=O)c1cccnc1. The number of nitrogens with one attached hydrogen (secondary N) is 1. The summed E-state index contributed by atoms with van der Waals surface area (Å²) in [5, 5.41) is 0. The first-order valence-corrected chi connectivity index (χ1v) is 7.73. The highest BCUT2D eigenvalue weighted by atomic mass is 32.2. The zero-order valence-corrected chi connectivity index (χ0v) is 12.0. The largest absolute Gasteiger partial charge is 0.320 e. The average Bonchev–Trinajstić information content (AvgIpc) is 2.48. The van der Waals surface area contributed by atoms with Gasteiger partial charge in [-0.3, -0.25) is 9.78 Å². The van der Waals surface area contributed by atoms with E-state index in [9.17, 15) is 13.2 Å². The molecule has 1 aromatic heterocycles. The van der Waals surface area contributed by atoms with Crippen molar-refractivity contribution >= 4 is 15.9 Å². The lowest BCUT2D eigenvalue weighted by molar-refractivity contribution is -0.120. The van der Waals surface area contributed by atoms with Crippen LogP contribution in [0.5, 0.6) is 0 Å². The summed E-state index contributed by atoms with van der Waals surface area (Å²) < 4.78 is 25.9. The van der Waals surface area contributed by atoms with Crippen molar-refractivity contribution in [1.82, 2.24) is 9.71 Å². The Morgan fingerprint density at radius 3 is 2.52 bits per heavy atom. The summed E-state index contributed by atoms with van der Waals surface area (Å²) in [6, 6.07) is 11.0. The highest BCUT2D eigenvalue weighted by Gasteiger charge is 2.22. The Kier molecular flexibility index (Phi) is 4.66. The minimum Gasteiger partial charge on any atom is -0.320 e. The van der Waals surface area contributed by atoms with Gasteiger partial charge < -0.3 is 5.73 Å². The van der Waals surface area contributed by atoms with Crippen molar-refractivity contribution < 1.29 is 13.2 Å². The van der Waals surface area contributed by atoms with Crippen LogP contribution in [0.2, 0.25) is 0 Å². The molecule has 110 valence electrons. The van der Waals surface area contributed by atoms with E-state index in [0.717, 1.165) is 5.56 Å². The van der Waals surface area contributed by atoms with Gasteiger partial charge in [0.1, 0.15) is 4.90 Å². The van der Waals surface area contributed by atoms with Gasteiger partial charge in [-0.05, 0) is 24.1 Å². The Morgan fingerprint density at radius 2 is 1.90 bits per heavy atom. The molecule has 0 aliphatic rings. The number of carbonyl (C=O) groups is 1. The lowest BCUT2D eigenvalue weighted by Gasteiger charge is -2.12. The van der Waals surface area contributed by atoms with E-state index in [1.165, 1.54) is 24.5 Å². The standard InChI is InChI=1S/C14H15N3O3S/c15-13(9-11-5-2-1-3-6-11)14(18)17-21(19,20)12-7-4-8-16-10-12/h1-8,10,13H,9,15H2,(H,17,18). The third-order valence-electron chi connectivity index (χ3n) is 2.81. The summed E-state index contributed by atoms with van der Waals surface area (Å²) in [5.74, 6) is -0.747. The normalized spacial score (nSPS) is 12.6. The summed E-state index contributed by atoms with van der Waals surface area (Å²) in [6.45, 7) is 0. The topological polar surface area (TPSA) is 102 Å². The number of nitrogens with two attached hydrogens (primary N) is 1. The van der Waals surface area contributed by atoms with Gasteiger partial charge in [0.15, 0.2) is 0 Å². The molecule has 0 saturated carbocycles. The first kappa shape index (κ1) is 15.1. The quantitative estimate of drug-likeness (QED) is 0.835. The zero-order valence-electron chi connectivity index (χ0n) is 11.1. The molecule has 21 heavy (non-hydrogen) atoms. The number of hydrogen-bond acceptors (Lipinski definition) is 5. The van der Waals surface area contributed by atoms with Gasteiger partial charge >= 0.3 is 0 Å². The summed E-state index contributed by atoms with van der Waals surface area (Å²) in [6.07, 6.45) is 2.87. The molecule has 3 N–H and O–H groups in total. The second-order valence-corrected chi connectivity index (χ2v) is 6.14. The Bertz CT molecular complexity index is 703. The minimum absolute atomic E-state index is 0.0785. The van der Waals surface area contributed by atoms with E-state index in [4.69, 9.17) is 5.73 Å². The fourth-order valence-electron chi connectivity index (χ4n) is 1.73. The van der Waals surface area contributed by atoms with Gasteiger partial charge in [-0.25, -0.2) is 13.1 Å². The molecule has 0 fully saturated rings. The van der Waals surface area contributed by atoms with Crippen molar-refractivity contribution in [3.63, 3.8) is 0 Å². The van der Waals surface area contributed by atoms with Gasteiger partial charge in [-0.1, -0.05) is 30.3 Å². The molecule has 0 aliphatic heterocycles. The third-order valence-corrected chi connectivity index (χ3v) is 4.15. The molecule has 1 aromatic carbocycles. The van der Waals surface area contributed by atoms with Crippen molar-refractivity contribution in [2.45, 2.75) is 17.4 Å². The first-order valence-electron chi connectivity index (χ1n) is 6.25. The van der Waals surface area contributed by atoms with Crippen LogP contribution < -0.4 is 10.5 Å². The molecule has 1 amide bonds. The summed E-state index contributed by atoms with van der Waals surface area (Å²) in [5.41, 5.74) is 6.60. The third kappa shape index (κ3) is 4.11. The van der Waals surface area contributed by atoms with Crippen LogP contribution >= 0.6 is 0 Å². The number of amides is 1. The van der Waals surface area contributed by atoms with Crippen LogP contribution in [0.1, 0.15) is 5.56 Å². The van der Waals surface area contributed by atoms with E-state index in [1.54, 1.807) is 0 Å². The van der Waals surface area contributed by atoms with E-state index in [2.05, 4.69) is 4.98 Å². The van der Waals surface area contributed by atoms with Crippen molar-refractivity contribution in [1.29, 1.82) is 0 Å². The number of benzene rings is 1. The van der Waals surface area contributed by atoms with Gasteiger partial charge in [0, 0.05) is 12.4 Å². The van der Waals surface area contributed by atoms with E-state index in [1.807, 2.05) is 35.1 Å². The van der Waals surface area contributed by atoms with Crippen LogP contribution in [-0.2, 0) is 21.2 Å². The monoisotopic (exact) mass is 305 g/mol. The minimum atomic E-state index is -3.94. The van der Waals surface area contributed by atoms with Gasteiger partial charge in [0.05, 0.1) is 6.04 Å². The Labute approximate surface area is 123 Å². The van der Waals surface area contributed by atoms with E-state index < -0.39 is 22.0 Å². The molecule has 1 unspecified atom stereocenters. The molecule has 7 heteroatoms. The summed E-state index contributed by atoms with van der Waals surface area (Å²) in [4.78, 5) is 15.5. The van der Waals surface area contributed by atoms with Gasteiger partial charge in [0.25, 0.3) is 15.9 Å². The van der Waals surface area contributed by atoms with Crippen LogP contribution in [0.3, 0.4) is 0 Å². The van der Waals surface area contributed by atoms with E-state index >= 15 is 0 Å². The summed E-state index contributed by atoms with van der Waals surface area (Å²) >= 11 is 0. The van der Waals surface area contributed by atoms with Crippen LogP contribution in [0.15, 0.2) is 59.8 Å². The van der Waals surface area contributed by atoms with Crippen molar-refractivity contribution in [2.75, 3.05) is 0 Å². The molecule has 0 saturated heterocycles. The molecule has 0 radical (unpaired) electrons. The number of pyridine rings is 1. The van der Waals surface area contributed by atoms with Gasteiger partial charge in [-0.15, -0.1) is 0 Å². The molecule has 2 rings (SSSR count). The van der Waals surface area contributed by atoms with Crippen molar-refractivity contribution in [3.05, 3.63) is 60.4 Å². The van der Waals surface area contributed by atoms with Crippen LogP contribution in [-0.4, -0.2) is 25.4 Å². The molecular formula is C14H15N3O3S. The number of nitrogens with zero attached hydrogens (tertiary/aromatic N) is 1. The molecule has 0 bridgehead atoms. The highest BCUT2D eigenvalue weighted by Crippen LogP contribution is 2.07. The number of rotatable bonds is 5. The predicted molar refractivity (Wildman–Crippen MR) is 77.7 cm³/mol. The van der Waals surface area contributed by atoms with Crippen LogP contribution in [0.25, 0.3) is 0 Å². The number of carbonyl (C=O) groups excluding carboxylic acids is 1.